The summed E-state index contributed by atoms with van der Waals surface area (Å²) in [4.78, 5) is 26.4. The second-order valence-electron chi connectivity index (χ2n) is 7.78. The van der Waals surface area contributed by atoms with Crippen molar-refractivity contribution in [1.29, 1.82) is 0 Å². The number of fused-ring (bicyclic) bond motifs is 2. The van der Waals surface area contributed by atoms with Crippen LogP contribution in [-0.4, -0.2) is 55.2 Å². The molecule has 0 spiro atoms. The van der Waals surface area contributed by atoms with E-state index in [4.69, 9.17) is 10.2 Å². The number of hydrogen-bond donors (Lipinski definition) is 2. The zero-order valence-electron chi connectivity index (χ0n) is 18.4. The van der Waals surface area contributed by atoms with E-state index in [0.29, 0.717) is 59.9 Å². The molecule has 0 bridgehead atoms. The highest BCUT2D eigenvalue weighted by molar-refractivity contribution is 5.91. The maximum Gasteiger partial charge on any atom is 0.295 e. The van der Waals surface area contributed by atoms with Gasteiger partial charge in [-0.3, -0.25) is 4.79 Å². The molecule has 1 aromatic carbocycles. The van der Waals surface area contributed by atoms with Gasteiger partial charge in [0.1, 0.15) is 29.2 Å². The van der Waals surface area contributed by atoms with E-state index in [-0.39, 0.29) is 23.3 Å². The van der Waals surface area contributed by atoms with Crippen LogP contribution in [0.25, 0.3) is 22.1 Å². The first-order valence-corrected chi connectivity index (χ1v) is 10.7. The summed E-state index contributed by atoms with van der Waals surface area (Å²) in [5, 5.41) is 8.06. The summed E-state index contributed by atoms with van der Waals surface area (Å²) in [5.41, 5.74) is 7.91. The van der Waals surface area contributed by atoms with Gasteiger partial charge in [-0.05, 0) is 31.4 Å². The molecule has 34 heavy (non-hydrogen) atoms. The van der Waals surface area contributed by atoms with Crippen LogP contribution in [0.3, 0.4) is 0 Å². The lowest BCUT2D eigenvalue weighted by atomic mass is 10.2. The van der Waals surface area contributed by atoms with Gasteiger partial charge in [-0.1, -0.05) is 12.5 Å². The fourth-order valence-corrected chi connectivity index (χ4v) is 4.01. The number of anilines is 2. The summed E-state index contributed by atoms with van der Waals surface area (Å²) < 4.78 is 21.9. The van der Waals surface area contributed by atoms with Gasteiger partial charge in [0.2, 0.25) is 5.91 Å². The fraction of sp³-hybridized carbons (Fsp3) is 0.261. The Morgan fingerprint density at radius 1 is 1.41 bits per heavy atom. The number of nitrogens with zero attached hydrogens (tertiary/aromatic N) is 6. The molecule has 0 saturated carbocycles. The molecule has 4 aromatic rings. The van der Waals surface area contributed by atoms with E-state index in [9.17, 15) is 9.18 Å². The number of nitrogen functional groups attached to an aromatic ring is 1. The molecule has 172 valence electrons. The third-order valence-corrected chi connectivity index (χ3v) is 5.63. The zero-order valence-corrected chi connectivity index (χ0v) is 18.4. The van der Waals surface area contributed by atoms with Crippen LogP contribution in [-0.2, 0) is 4.79 Å². The number of rotatable bonds is 4. The molecule has 1 atom stereocenters. The number of oxazole rings is 1. The quantitative estimate of drug-likeness (QED) is 0.351. The average Bonchev–Trinajstić information content (AvgIpc) is 3.54. The first kappa shape index (κ1) is 21.4. The van der Waals surface area contributed by atoms with Crippen LogP contribution in [0.5, 0.6) is 0 Å². The standard InChI is InChI=1S/C23H21FN8O2/c1-3-19(33)31-8-7-14(11-31)32-22-20(21(25)27-12-28-22)16(30-32)6-5-13-9-17-18(10-15(13)24)34-23(29-17)26-4-2/h3,9-10,12,14H,1,4,7-8,11H2,2H3,(H,26,29)(H2,25,27,28)/t14-/m0/s1. The SMILES string of the molecule is C=CC(=O)N1CC[C@H](n2nc(C#Cc3cc4nc(NCC)oc4cc3F)c3c(N)ncnc32)C1. The first-order chi connectivity index (χ1) is 16.5. The number of amides is 1. The van der Waals surface area contributed by atoms with Crippen LogP contribution in [0.2, 0.25) is 0 Å². The van der Waals surface area contributed by atoms with E-state index in [1.165, 1.54) is 24.5 Å². The van der Waals surface area contributed by atoms with E-state index in [1.54, 1.807) is 9.58 Å². The van der Waals surface area contributed by atoms with E-state index < -0.39 is 5.82 Å². The summed E-state index contributed by atoms with van der Waals surface area (Å²) >= 11 is 0. The third kappa shape index (κ3) is 3.69. The predicted octanol–water partition coefficient (Wildman–Crippen LogP) is 2.48. The highest BCUT2D eigenvalue weighted by Gasteiger charge is 2.29. The molecule has 3 N–H and O–H groups in total. The highest BCUT2D eigenvalue weighted by Crippen LogP contribution is 2.29. The van der Waals surface area contributed by atoms with Crippen LogP contribution in [0.15, 0.2) is 35.5 Å². The van der Waals surface area contributed by atoms with Gasteiger partial charge in [0.05, 0.1) is 17.0 Å². The summed E-state index contributed by atoms with van der Waals surface area (Å²) in [6, 6.07) is 2.99. The highest BCUT2D eigenvalue weighted by atomic mass is 19.1. The van der Waals surface area contributed by atoms with Crippen LogP contribution in [0, 0.1) is 17.7 Å². The third-order valence-electron chi connectivity index (χ3n) is 5.63. The Balaban J connectivity index is 1.54. The average molecular weight is 460 g/mol. The lowest BCUT2D eigenvalue weighted by Crippen LogP contribution is -2.27. The summed E-state index contributed by atoms with van der Waals surface area (Å²) in [5.74, 6) is 5.30. The molecule has 0 unspecified atom stereocenters. The number of nitrogens with one attached hydrogen (secondary N) is 1. The molecule has 1 amide bonds. The minimum Gasteiger partial charge on any atom is -0.423 e. The zero-order chi connectivity index (χ0) is 23.8. The number of hydrogen-bond acceptors (Lipinski definition) is 8. The van der Waals surface area contributed by atoms with Crippen molar-refractivity contribution < 1.29 is 13.6 Å². The Labute approximate surface area is 193 Å². The van der Waals surface area contributed by atoms with Gasteiger partial charge in [-0.25, -0.2) is 19.0 Å². The summed E-state index contributed by atoms with van der Waals surface area (Å²) in [6.07, 6.45) is 3.34. The molecule has 1 aliphatic heterocycles. The maximum absolute atomic E-state index is 14.7. The number of aromatic nitrogens is 5. The Bertz CT molecular complexity index is 1500. The first-order valence-electron chi connectivity index (χ1n) is 10.7. The van der Waals surface area contributed by atoms with Gasteiger partial charge in [-0.15, -0.1) is 0 Å². The number of halogens is 1. The summed E-state index contributed by atoms with van der Waals surface area (Å²) in [6.45, 7) is 7.12. The van der Waals surface area contributed by atoms with Crippen molar-refractivity contribution in [2.75, 3.05) is 30.7 Å². The number of carbonyl (C=O) groups is 1. The predicted molar refractivity (Wildman–Crippen MR) is 124 cm³/mol. The van der Waals surface area contributed by atoms with Crippen LogP contribution in [0.1, 0.15) is 30.6 Å². The lowest BCUT2D eigenvalue weighted by molar-refractivity contribution is -0.125. The van der Waals surface area contributed by atoms with Crippen molar-refractivity contribution in [3.05, 3.63) is 48.2 Å². The topological polar surface area (TPSA) is 128 Å². The summed E-state index contributed by atoms with van der Waals surface area (Å²) in [7, 11) is 0. The molecule has 1 fully saturated rings. The Kier molecular flexibility index (Phi) is 5.33. The molecule has 11 heteroatoms. The largest absolute Gasteiger partial charge is 0.423 e. The van der Waals surface area contributed by atoms with E-state index in [1.807, 2.05) is 6.92 Å². The lowest BCUT2D eigenvalue weighted by Gasteiger charge is -2.14. The minimum atomic E-state index is -0.540. The molecular formula is C23H21FN8O2. The molecule has 5 rings (SSSR count). The van der Waals surface area contributed by atoms with Gasteiger partial charge in [0.25, 0.3) is 6.01 Å². The van der Waals surface area contributed by atoms with Crippen LogP contribution < -0.4 is 11.1 Å². The fourth-order valence-electron chi connectivity index (χ4n) is 4.01. The van der Waals surface area contributed by atoms with E-state index >= 15 is 0 Å². The Morgan fingerprint density at radius 3 is 3.06 bits per heavy atom. The molecular weight excluding hydrogens is 439 g/mol. The molecule has 10 nitrogen and oxygen atoms in total. The maximum atomic E-state index is 14.7. The van der Waals surface area contributed by atoms with Gasteiger partial charge in [0.15, 0.2) is 11.2 Å². The Morgan fingerprint density at radius 2 is 2.26 bits per heavy atom. The van der Waals surface area contributed by atoms with Crippen molar-refractivity contribution in [3.63, 3.8) is 0 Å². The minimum absolute atomic E-state index is 0.107. The molecule has 4 heterocycles. The number of likely N-dealkylation sites (tertiary alicyclic amines) is 1. The smallest absolute Gasteiger partial charge is 0.295 e. The Hall–Kier alpha value is -4.46. The molecule has 1 saturated heterocycles. The van der Waals surface area contributed by atoms with Crippen molar-refractivity contribution >= 4 is 39.9 Å². The van der Waals surface area contributed by atoms with Crippen LogP contribution in [0.4, 0.5) is 16.2 Å². The molecule has 3 aromatic heterocycles. The monoisotopic (exact) mass is 460 g/mol. The number of carbonyl (C=O) groups excluding carboxylic acids is 1. The van der Waals surface area contributed by atoms with Gasteiger partial charge in [-0.2, -0.15) is 10.1 Å². The number of benzene rings is 1. The van der Waals surface area contributed by atoms with E-state index in [2.05, 4.69) is 43.8 Å². The second kappa shape index (κ2) is 8.47. The van der Waals surface area contributed by atoms with Gasteiger partial charge < -0.3 is 20.4 Å². The van der Waals surface area contributed by atoms with E-state index in [0.717, 1.165) is 0 Å². The molecule has 0 radical (unpaired) electrons. The van der Waals surface area contributed by atoms with Crippen molar-refractivity contribution in [2.24, 2.45) is 0 Å². The van der Waals surface area contributed by atoms with Gasteiger partial charge >= 0.3 is 0 Å². The molecule has 0 aliphatic carbocycles. The van der Waals surface area contributed by atoms with Crippen molar-refractivity contribution in [1.82, 2.24) is 29.6 Å². The van der Waals surface area contributed by atoms with Gasteiger partial charge in [0, 0.05) is 25.7 Å². The molecule has 1 aliphatic rings. The second-order valence-corrected chi connectivity index (χ2v) is 7.78. The normalized spacial score (nSPS) is 15.5. The van der Waals surface area contributed by atoms with Crippen LogP contribution >= 0.6 is 0 Å². The van der Waals surface area contributed by atoms with Crippen molar-refractivity contribution in [2.45, 2.75) is 19.4 Å². The number of nitrogens with two attached hydrogens (primary N) is 1. The van der Waals surface area contributed by atoms with Crippen molar-refractivity contribution in [3.8, 4) is 11.8 Å².